The molecule has 12 heavy (non-hydrogen) atoms. The van der Waals surface area contributed by atoms with E-state index in [2.05, 4.69) is 4.99 Å². The Hall–Kier alpha value is -0.130. The van der Waals surface area contributed by atoms with Gasteiger partial charge in [0.2, 0.25) is 0 Å². The normalized spacial score (nSPS) is 34.7. The van der Waals surface area contributed by atoms with Crippen LogP contribution in [0.4, 0.5) is 4.39 Å². The van der Waals surface area contributed by atoms with Crippen LogP contribution in [-0.2, 0) is 4.74 Å². The molecule has 1 aliphatic carbocycles. The van der Waals surface area contributed by atoms with Gasteiger partial charge in [-0.25, -0.2) is 4.39 Å². The van der Waals surface area contributed by atoms with E-state index in [0.29, 0.717) is 11.9 Å². The molecule has 0 spiro atoms. The fraction of sp³-hybridized carbons (Fsp3) is 0.625. The SMILES string of the molecule is FC1C=C(OC2CC2)C=NC1I. The summed E-state index contributed by atoms with van der Waals surface area (Å²) in [6, 6.07) is 0. The van der Waals surface area contributed by atoms with E-state index in [-0.39, 0.29) is 4.05 Å². The van der Waals surface area contributed by atoms with Crippen LogP contribution >= 0.6 is 22.6 Å². The van der Waals surface area contributed by atoms with Crippen molar-refractivity contribution in [2.24, 2.45) is 4.99 Å². The lowest BCUT2D eigenvalue weighted by molar-refractivity contribution is 0.210. The molecule has 0 aromatic rings. The van der Waals surface area contributed by atoms with Crippen molar-refractivity contribution in [1.29, 1.82) is 0 Å². The number of allylic oxidation sites excluding steroid dienone is 1. The molecule has 1 fully saturated rings. The van der Waals surface area contributed by atoms with Crippen molar-refractivity contribution in [3.05, 3.63) is 11.8 Å². The van der Waals surface area contributed by atoms with Crippen LogP contribution in [0.3, 0.4) is 0 Å². The summed E-state index contributed by atoms with van der Waals surface area (Å²) in [4.78, 5) is 3.97. The summed E-state index contributed by atoms with van der Waals surface area (Å²) in [7, 11) is 0. The predicted molar refractivity (Wildman–Crippen MR) is 53.4 cm³/mol. The second-order valence-corrected chi connectivity index (χ2v) is 4.26. The van der Waals surface area contributed by atoms with E-state index >= 15 is 0 Å². The number of hydrogen-bond donors (Lipinski definition) is 0. The van der Waals surface area contributed by atoms with Gasteiger partial charge in [-0.15, -0.1) is 0 Å². The van der Waals surface area contributed by atoms with Crippen LogP contribution in [0.5, 0.6) is 0 Å². The van der Waals surface area contributed by atoms with Gasteiger partial charge in [-0.1, -0.05) is 22.6 Å². The Morgan fingerprint density at radius 2 is 2.33 bits per heavy atom. The van der Waals surface area contributed by atoms with Crippen LogP contribution in [-0.4, -0.2) is 22.5 Å². The monoisotopic (exact) mass is 281 g/mol. The third kappa shape index (κ3) is 1.97. The minimum Gasteiger partial charge on any atom is -0.489 e. The zero-order valence-electron chi connectivity index (χ0n) is 6.41. The third-order valence-corrected chi connectivity index (χ3v) is 2.77. The van der Waals surface area contributed by atoms with Crippen molar-refractivity contribution < 1.29 is 9.13 Å². The summed E-state index contributed by atoms with van der Waals surface area (Å²) in [5, 5.41) is 0. The molecule has 2 nitrogen and oxygen atoms in total. The lowest BCUT2D eigenvalue weighted by atomic mass is 10.3. The molecule has 0 bridgehead atoms. The van der Waals surface area contributed by atoms with Gasteiger partial charge in [0, 0.05) is 0 Å². The molecule has 1 heterocycles. The van der Waals surface area contributed by atoms with Crippen LogP contribution < -0.4 is 0 Å². The molecule has 0 N–H and O–H groups in total. The van der Waals surface area contributed by atoms with Gasteiger partial charge in [0.1, 0.15) is 9.81 Å². The van der Waals surface area contributed by atoms with E-state index in [0.717, 1.165) is 12.8 Å². The summed E-state index contributed by atoms with van der Waals surface area (Å²) in [6.45, 7) is 0. The topological polar surface area (TPSA) is 21.6 Å². The maximum absolute atomic E-state index is 13.0. The molecule has 2 aliphatic rings. The van der Waals surface area contributed by atoms with Gasteiger partial charge in [0.05, 0.1) is 12.3 Å². The van der Waals surface area contributed by atoms with Crippen LogP contribution in [0.2, 0.25) is 0 Å². The molecule has 1 saturated carbocycles. The first-order valence-corrected chi connectivity index (χ1v) is 5.20. The van der Waals surface area contributed by atoms with Crippen molar-refractivity contribution in [2.75, 3.05) is 0 Å². The quantitative estimate of drug-likeness (QED) is 0.432. The van der Waals surface area contributed by atoms with Crippen LogP contribution in [0.15, 0.2) is 16.8 Å². The number of ether oxygens (including phenoxy) is 1. The van der Waals surface area contributed by atoms with Gasteiger partial charge in [-0.05, 0) is 18.9 Å². The number of hydrogen-bond acceptors (Lipinski definition) is 2. The zero-order chi connectivity index (χ0) is 8.55. The van der Waals surface area contributed by atoms with E-state index in [1.54, 1.807) is 6.21 Å². The molecule has 0 aromatic heterocycles. The van der Waals surface area contributed by atoms with Crippen LogP contribution in [0.1, 0.15) is 12.8 Å². The minimum absolute atomic E-state index is 0.283. The van der Waals surface area contributed by atoms with Gasteiger partial charge in [-0.2, -0.15) is 0 Å². The smallest absolute Gasteiger partial charge is 0.153 e. The third-order valence-electron chi connectivity index (χ3n) is 1.76. The Morgan fingerprint density at radius 1 is 1.58 bits per heavy atom. The highest BCUT2D eigenvalue weighted by atomic mass is 127. The second kappa shape index (κ2) is 3.32. The molecule has 1 aliphatic heterocycles. The highest BCUT2D eigenvalue weighted by Gasteiger charge is 2.26. The highest BCUT2D eigenvalue weighted by molar-refractivity contribution is 14.1. The van der Waals surface area contributed by atoms with E-state index in [9.17, 15) is 4.39 Å². The maximum Gasteiger partial charge on any atom is 0.153 e. The number of alkyl halides is 2. The molecular weight excluding hydrogens is 272 g/mol. The number of halogens is 2. The molecule has 2 atom stereocenters. The van der Waals surface area contributed by atoms with Crippen molar-refractivity contribution in [2.45, 2.75) is 29.2 Å². The zero-order valence-corrected chi connectivity index (χ0v) is 8.57. The first-order valence-electron chi connectivity index (χ1n) is 3.95. The van der Waals surface area contributed by atoms with Crippen molar-refractivity contribution in [3.63, 3.8) is 0 Å². The van der Waals surface area contributed by atoms with E-state index in [1.165, 1.54) is 6.08 Å². The van der Waals surface area contributed by atoms with Crippen molar-refractivity contribution in [3.8, 4) is 0 Å². The average Bonchev–Trinajstić information content (AvgIpc) is 2.81. The number of rotatable bonds is 2. The molecule has 66 valence electrons. The lowest BCUT2D eigenvalue weighted by Gasteiger charge is -2.14. The Kier molecular flexibility index (Phi) is 2.34. The molecule has 0 amide bonds. The maximum atomic E-state index is 13.0. The van der Waals surface area contributed by atoms with Gasteiger partial charge < -0.3 is 4.74 Å². The molecule has 2 rings (SSSR count). The summed E-state index contributed by atoms with van der Waals surface area (Å²) < 4.78 is 18.1. The van der Waals surface area contributed by atoms with Gasteiger partial charge in [0.25, 0.3) is 0 Å². The summed E-state index contributed by atoms with van der Waals surface area (Å²) in [6.07, 6.45) is 4.63. The van der Waals surface area contributed by atoms with E-state index in [1.807, 2.05) is 22.6 Å². The Bertz CT molecular complexity index is 237. The highest BCUT2D eigenvalue weighted by Crippen LogP contribution is 2.28. The largest absolute Gasteiger partial charge is 0.489 e. The van der Waals surface area contributed by atoms with Crippen LogP contribution in [0.25, 0.3) is 0 Å². The average molecular weight is 281 g/mol. The fourth-order valence-electron chi connectivity index (χ4n) is 0.954. The molecule has 0 radical (unpaired) electrons. The first-order chi connectivity index (χ1) is 5.75. The van der Waals surface area contributed by atoms with Crippen molar-refractivity contribution >= 4 is 28.8 Å². The first kappa shape index (κ1) is 8.47. The summed E-state index contributed by atoms with van der Waals surface area (Å²) in [5.41, 5.74) is 0. The van der Waals surface area contributed by atoms with Gasteiger partial charge >= 0.3 is 0 Å². The molecule has 0 saturated heterocycles. The predicted octanol–water partition coefficient (Wildman–Crippen LogP) is 2.23. The Morgan fingerprint density at radius 3 is 2.92 bits per heavy atom. The number of aliphatic imine (C=N–C) groups is 1. The number of nitrogens with zero attached hydrogens (tertiary/aromatic N) is 1. The van der Waals surface area contributed by atoms with Gasteiger partial charge in [0.15, 0.2) is 6.17 Å². The number of dihydropyridines is 1. The van der Waals surface area contributed by atoms with Gasteiger partial charge in [-0.3, -0.25) is 4.99 Å². The van der Waals surface area contributed by atoms with E-state index < -0.39 is 6.17 Å². The van der Waals surface area contributed by atoms with E-state index in [4.69, 9.17) is 4.74 Å². The molecule has 0 aromatic carbocycles. The Balaban J connectivity index is 1.97. The second-order valence-electron chi connectivity index (χ2n) is 2.98. The minimum atomic E-state index is -0.996. The van der Waals surface area contributed by atoms with Crippen molar-refractivity contribution in [1.82, 2.24) is 0 Å². The fourth-order valence-corrected chi connectivity index (χ4v) is 1.32. The molecule has 2 unspecified atom stereocenters. The summed E-state index contributed by atoms with van der Waals surface area (Å²) >= 11 is 1.97. The molecular formula is C8H9FINO. The van der Waals surface area contributed by atoms with Crippen LogP contribution in [0, 0.1) is 0 Å². The summed E-state index contributed by atoms with van der Waals surface area (Å²) in [5.74, 6) is 0.595. The lowest BCUT2D eigenvalue weighted by Crippen LogP contribution is -2.17. The Labute approximate surface area is 84.0 Å². The standard InChI is InChI=1S/C8H9FINO/c9-7-3-6(4-11-8(7)10)12-5-1-2-5/h3-5,7-8H,1-2H2. The molecule has 4 heteroatoms.